The number of primary amides is 1. The van der Waals surface area contributed by atoms with Gasteiger partial charge >= 0.3 is 0 Å². The van der Waals surface area contributed by atoms with E-state index >= 15 is 0 Å². The molecule has 1 saturated heterocycles. The SMILES string of the molecule is CO[C@H]1C[C@@H](C(N)=O)N(Cc2ncccc2C)C1. The van der Waals surface area contributed by atoms with E-state index in [0.29, 0.717) is 13.0 Å². The highest BCUT2D eigenvalue weighted by atomic mass is 16.5. The van der Waals surface area contributed by atoms with Crippen molar-refractivity contribution < 1.29 is 9.53 Å². The summed E-state index contributed by atoms with van der Waals surface area (Å²) in [6.45, 7) is 3.38. The lowest BCUT2D eigenvalue weighted by Crippen LogP contribution is -2.40. The average molecular weight is 249 g/mol. The van der Waals surface area contributed by atoms with E-state index in [1.807, 2.05) is 24.0 Å². The molecule has 1 amide bonds. The first-order valence-corrected chi connectivity index (χ1v) is 6.08. The maximum absolute atomic E-state index is 11.5. The number of carbonyl (C=O) groups excluding carboxylic acids is 1. The summed E-state index contributed by atoms with van der Waals surface area (Å²) in [6.07, 6.45) is 2.51. The number of hydrogen-bond donors (Lipinski definition) is 1. The fourth-order valence-corrected chi connectivity index (χ4v) is 2.38. The smallest absolute Gasteiger partial charge is 0.234 e. The van der Waals surface area contributed by atoms with E-state index in [1.54, 1.807) is 13.3 Å². The van der Waals surface area contributed by atoms with Gasteiger partial charge in [0.15, 0.2) is 0 Å². The molecule has 1 aliphatic heterocycles. The van der Waals surface area contributed by atoms with Crippen molar-refractivity contribution in [2.75, 3.05) is 13.7 Å². The second-order valence-corrected chi connectivity index (χ2v) is 4.71. The van der Waals surface area contributed by atoms with Crippen molar-refractivity contribution in [1.29, 1.82) is 0 Å². The van der Waals surface area contributed by atoms with Crippen molar-refractivity contribution in [2.24, 2.45) is 5.73 Å². The predicted molar refractivity (Wildman–Crippen MR) is 67.8 cm³/mol. The number of ether oxygens (including phenoxy) is 1. The summed E-state index contributed by atoms with van der Waals surface area (Å²) in [6, 6.07) is 3.68. The molecule has 1 aliphatic rings. The van der Waals surface area contributed by atoms with E-state index in [1.165, 1.54) is 0 Å². The van der Waals surface area contributed by atoms with Gasteiger partial charge in [-0.3, -0.25) is 14.7 Å². The van der Waals surface area contributed by atoms with Crippen LogP contribution >= 0.6 is 0 Å². The monoisotopic (exact) mass is 249 g/mol. The molecule has 0 spiro atoms. The molecule has 1 fully saturated rings. The van der Waals surface area contributed by atoms with Crippen molar-refractivity contribution in [1.82, 2.24) is 9.88 Å². The van der Waals surface area contributed by atoms with Crippen LogP contribution in [0.15, 0.2) is 18.3 Å². The minimum Gasteiger partial charge on any atom is -0.380 e. The molecule has 1 aromatic rings. The van der Waals surface area contributed by atoms with Gasteiger partial charge in [-0.25, -0.2) is 0 Å². The Balaban J connectivity index is 2.12. The Labute approximate surface area is 107 Å². The molecule has 0 saturated carbocycles. The standard InChI is InChI=1S/C13H19N3O2/c1-9-4-3-5-15-11(9)8-16-7-10(18-2)6-12(16)13(14)17/h3-5,10,12H,6-8H2,1-2H3,(H2,14,17)/t10-,12-/m0/s1. The molecule has 18 heavy (non-hydrogen) atoms. The highest BCUT2D eigenvalue weighted by Gasteiger charge is 2.35. The summed E-state index contributed by atoms with van der Waals surface area (Å²) >= 11 is 0. The first-order valence-electron chi connectivity index (χ1n) is 6.08. The average Bonchev–Trinajstić information content (AvgIpc) is 2.75. The van der Waals surface area contributed by atoms with Gasteiger partial charge in [-0.15, -0.1) is 0 Å². The van der Waals surface area contributed by atoms with Gasteiger partial charge in [-0.2, -0.15) is 0 Å². The summed E-state index contributed by atoms with van der Waals surface area (Å²) in [4.78, 5) is 17.9. The normalized spacial score (nSPS) is 24.3. The molecule has 0 unspecified atom stereocenters. The second-order valence-electron chi connectivity index (χ2n) is 4.71. The Morgan fingerprint density at radius 2 is 2.44 bits per heavy atom. The van der Waals surface area contributed by atoms with E-state index in [9.17, 15) is 4.79 Å². The molecule has 0 radical (unpaired) electrons. The number of nitrogens with two attached hydrogens (primary N) is 1. The number of aryl methyl sites for hydroxylation is 1. The molecule has 2 N–H and O–H groups in total. The second kappa shape index (κ2) is 5.46. The van der Waals surface area contributed by atoms with Crippen LogP contribution in [-0.2, 0) is 16.1 Å². The molecule has 2 rings (SSSR count). The van der Waals surface area contributed by atoms with Crippen LogP contribution in [0.4, 0.5) is 0 Å². The number of rotatable bonds is 4. The van der Waals surface area contributed by atoms with E-state index in [0.717, 1.165) is 17.8 Å². The minimum atomic E-state index is -0.289. The summed E-state index contributed by atoms with van der Waals surface area (Å²) in [5.74, 6) is -0.289. The Kier molecular flexibility index (Phi) is 3.93. The lowest BCUT2D eigenvalue weighted by molar-refractivity contribution is -0.122. The van der Waals surface area contributed by atoms with Gasteiger partial charge in [0.2, 0.25) is 5.91 Å². The molecule has 0 aliphatic carbocycles. The van der Waals surface area contributed by atoms with Gasteiger partial charge in [-0.05, 0) is 25.0 Å². The lowest BCUT2D eigenvalue weighted by Gasteiger charge is -2.21. The largest absolute Gasteiger partial charge is 0.380 e. The Morgan fingerprint density at radius 1 is 1.67 bits per heavy atom. The third-order valence-corrected chi connectivity index (χ3v) is 3.50. The van der Waals surface area contributed by atoms with Gasteiger partial charge in [0.1, 0.15) is 0 Å². The fraction of sp³-hybridized carbons (Fsp3) is 0.538. The van der Waals surface area contributed by atoms with E-state index in [4.69, 9.17) is 10.5 Å². The van der Waals surface area contributed by atoms with Crippen molar-refractivity contribution >= 4 is 5.91 Å². The van der Waals surface area contributed by atoms with Crippen LogP contribution in [0.2, 0.25) is 0 Å². The fourth-order valence-electron chi connectivity index (χ4n) is 2.38. The molecule has 98 valence electrons. The molecule has 5 heteroatoms. The molecule has 5 nitrogen and oxygen atoms in total. The van der Waals surface area contributed by atoms with Crippen LogP contribution in [0.1, 0.15) is 17.7 Å². The predicted octanol–water partition coefficient (Wildman–Crippen LogP) is 0.465. The third kappa shape index (κ3) is 2.68. The van der Waals surface area contributed by atoms with Crippen LogP contribution in [-0.4, -0.2) is 41.6 Å². The van der Waals surface area contributed by atoms with Crippen LogP contribution in [0.3, 0.4) is 0 Å². The zero-order valence-electron chi connectivity index (χ0n) is 10.8. The van der Waals surface area contributed by atoms with E-state index < -0.39 is 0 Å². The van der Waals surface area contributed by atoms with Crippen LogP contribution in [0.25, 0.3) is 0 Å². The number of aromatic nitrogens is 1. The Bertz CT molecular complexity index is 436. The maximum atomic E-state index is 11.5. The number of likely N-dealkylation sites (tertiary alicyclic amines) is 1. The number of methoxy groups -OCH3 is 1. The number of amides is 1. The number of nitrogens with zero attached hydrogens (tertiary/aromatic N) is 2. The zero-order valence-corrected chi connectivity index (χ0v) is 10.8. The van der Waals surface area contributed by atoms with Gasteiger partial charge in [0, 0.05) is 26.4 Å². The van der Waals surface area contributed by atoms with Crippen LogP contribution in [0.5, 0.6) is 0 Å². The summed E-state index contributed by atoms with van der Waals surface area (Å²) in [5.41, 5.74) is 7.55. The molecular weight excluding hydrogens is 230 g/mol. The quantitative estimate of drug-likeness (QED) is 0.842. The Morgan fingerprint density at radius 3 is 3.06 bits per heavy atom. The van der Waals surface area contributed by atoms with E-state index in [-0.39, 0.29) is 18.1 Å². The van der Waals surface area contributed by atoms with Crippen molar-refractivity contribution in [2.45, 2.75) is 32.0 Å². The molecule has 0 bridgehead atoms. The van der Waals surface area contributed by atoms with Crippen molar-refractivity contribution in [3.63, 3.8) is 0 Å². The summed E-state index contributed by atoms with van der Waals surface area (Å²) in [7, 11) is 1.66. The van der Waals surface area contributed by atoms with Gasteiger partial charge in [0.05, 0.1) is 17.8 Å². The summed E-state index contributed by atoms with van der Waals surface area (Å²) in [5, 5.41) is 0. The Hall–Kier alpha value is -1.46. The first-order chi connectivity index (χ1) is 8.61. The number of hydrogen-bond acceptors (Lipinski definition) is 4. The van der Waals surface area contributed by atoms with Gasteiger partial charge in [-0.1, -0.05) is 6.07 Å². The third-order valence-electron chi connectivity index (χ3n) is 3.50. The highest BCUT2D eigenvalue weighted by molar-refractivity contribution is 5.80. The topological polar surface area (TPSA) is 68.5 Å². The lowest BCUT2D eigenvalue weighted by atomic mass is 10.1. The van der Waals surface area contributed by atoms with Crippen molar-refractivity contribution in [3.05, 3.63) is 29.6 Å². The van der Waals surface area contributed by atoms with E-state index in [2.05, 4.69) is 4.98 Å². The molecule has 0 aromatic carbocycles. The number of carbonyl (C=O) groups is 1. The zero-order chi connectivity index (χ0) is 13.1. The molecule has 2 heterocycles. The summed E-state index contributed by atoms with van der Waals surface area (Å²) < 4.78 is 5.32. The van der Waals surface area contributed by atoms with Crippen LogP contribution in [0, 0.1) is 6.92 Å². The molecule has 1 aromatic heterocycles. The molecular formula is C13H19N3O2. The minimum absolute atomic E-state index is 0.0755. The highest BCUT2D eigenvalue weighted by Crippen LogP contribution is 2.22. The number of pyridine rings is 1. The maximum Gasteiger partial charge on any atom is 0.234 e. The van der Waals surface area contributed by atoms with Gasteiger partial charge < -0.3 is 10.5 Å². The van der Waals surface area contributed by atoms with Crippen LogP contribution < -0.4 is 5.73 Å². The van der Waals surface area contributed by atoms with Crippen molar-refractivity contribution in [3.8, 4) is 0 Å². The van der Waals surface area contributed by atoms with Gasteiger partial charge in [0.25, 0.3) is 0 Å². The first kappa shape index (κ1) is 13.0. The molecule has 2 atom stereocenters.